The van der Waals surface area contributed by atoms with E-state index in [2.05, 4.69) is 57.2 Å². The van der Waals surface area contributed by atoms with Crippen LogP contribution in [0.4, 0.5) is 0 Å². The highest BCUT2D eigenvalue weighted by molar-refractivity contribution is 5.69. The van der Waals surface area contributed by atoms with Crippen molar-refractivity contribution in [2.24, 2.45) is 0 Å². The molecule has 0 bridgehead atoms. The summed E-state index contributed by atoms with van der Waals surface area (Å²) in [6.45, 7) is 6.79. The van der Waals surface area contributed by atoms with E-state index in [-0.39, 0.29) is 5.41 Å². The maximum Gasteiger partial charge on any atom is 0.0466 e. The minimum absolute atomic E-state index is 0.0981. The molecule has 1 heterocycles. The number of benzene rings is 1. The third-order valence-electron chi connectivity index (χ3n) is 4.65. The molecule has 0 aliphatic heterocycles. The first kappa shape index (κ1) is 15.3. The van der Waals surface area contributed by atoms with Crippen molar-refractivity contribution in [3.8, 4) is 11.1 Å². The van der Waals surface area contributed by atoms with Crippen molar-refractivity contribution in [3.05, 3.63) is 53.3 Å². The number of hydrogen-bond donors (Lipinski definition) is 0. The van der Waals surface area contributed by atoms with Crippen LogP contribution >= 0.6 is 0 Å². The Morgan fingerprint density at radius 2 is 1.55 bits per heavy atom. The maximum atomic E-state index is 5.07. The van der Waals surface area contributed by atoms with Gasteiger partial charge in [-0.3, -0.25) is 4.98 Å². The first-order valence-electron chi connectivity index (χ1n) is 8.64. The van der Waals surface area contributed by atoms with E-state index in [1.54, 1.807) is 0 Å². The lowest BCUT2D eigenvalue weighted by Gasteiger charge is -2.24. The van der Waals surface area contributed by atoms with E-state index in [0.717, 1.165) is 6.42 Å². The van der Waals surface area contributed by atoms with Crippen LogP contribution in [0.5, 0.6) is 0 Å². The van der Waals surface area contributed by atoms with Gasteiger partial charge in [0.25, 0.3) is 0 Å². The minimum atomic E-state index is 0.0981. The molecule has 1 aromatic carbocycles. The molecule has 1 aliphatic carbocycles. The Balaban J connectivity index is 2.18. The molecule has 0 saturated heterocycles. The Morgan fingerprint density at radius 3 is 2.23 bits per heavy atom. The van der Waals surface area contributed by atoms with E-state index < -0.39 is 0 Å². The van der Waals surface area contributed by atoms with Gasteiger partial charge in [0.15, 0.2) is 0 Å². The van der Waals surface area contributed by atoms with Crippen molar-refractivity contribution in [1.29, 1.82) is 0 Å². The molecule has 0 atom stereocenters. The Morgan fingerprint density at radius 1 is 0.864 bits per heavy atom. The van der Waals surface area contributed by atoms with Crippen LogP contribution in [0.3, 0.4) is 0 Å². The van der Waals surface area contributed by atoms with Crippen molar-refractivity contribution < 1.29 is 0 Å². The summed E-state index contributed by atoms with van der Waals surface area (Å²) in [7, 11) is 0. The number of rotatable bonds is 1. The van der Waals surface area contributed by atoms with Crippen molar-refractivity contribution in [2.45, 2.75) is 64.7 Å². The lowest BCUT2D eigenvalue weighted by molar-refractivity contribution is 0.555. The van der Waals surface area contributed by atoms with Crippen LogP contribution in [0.15, 0.2) is 36.4 Å². The van der Waals surface area contributed by atoms with Crippen molar-refractivity contribution in [1.82, 2.24) is 4.98 Å². The van der Waals surface area contributed by atoms with Crippen LogP contribution in [-0.4, -0.2) is 4.98 Å². The lowest BCUT2D eigenvalue weighted by Crippen LogP contribution is -2.17. The van der Waals surface area contributed by atoms with Gasteiger partial charge in [-0.1, -0.05) is 63.9 Å². The van der Waals surface area contributed by atoms with E-state index >= 15 is 0 Å². The molecular formula is C21H27N. The monoisotopic (exact) mass is 293 g/mol. The molecule has 0 N–H and O–H groups in total. The smallest absolute Gasteiger partial charge is 0.0466 e. The van der Waals surface area contributed by atoms with E-state index in [0.29, 0.717) is 0 Å². The summed E-state index contributed by atoms with van der Waals surface area (Å²) in [5.41, 5.74) is 6.93. The molecular weight excluding hydrogens is 266 g/mol. The molecule has 3 rings (SSSR count). The fourth-order valence-corrected chi connectivity index (χ4v) is 3.32. The zero-order valence-corrected chi connectivity index (χ0v) is 14.2. The average Bonchev–Trinajstić information content (AvgIpc) is 2.47. The van der Waals surface area contributed by atoms with Crippen LogP contribution in [0.25, 0.3) is 11.1 Å². The fraction of sp³-hybridized carbons (Fsp3) is 0.476. The van der Waals surface area contributed by atoms with Gasteiger partial charge >= 0.3 is 0 Å². The summed E-state index contributed by atoms with van der Waals surface area (Å²) in [6.07, 6.45) is 7.59. The van der Waals surface area contributed by atoms with E-state index in [1.165, 1.54) is 60.2 Å². The van der Waals surface area contributed by atoms with Gasteiger partial charge in [-0.25, -0.2) is 0 Å². The SMILES string of the molecule is CC(C)(C)c1cc(-c2ccccc2)c2c(n1)CCCCCC2. The van der Waals surface area contributed by atoms with Gasteiger partial charge in [0.1, 0.15) is 0 Å². The predicted molar refractivity (Wildman–Crippen MR) is 94.2 cm³/mol. The van der Waals surface area contributed by atoms with Gasteiger partial charge in [0.2, 0.25) is 0 Å². The maximum absolute atomic E-state index is 5.07. The van der Waals surface area contributed by atoms with Crippen LogP contribution in [0.1, 0.15) is 63.4 Å². The van der Waals surface area contributed by atoms with E-state index in [1.807, 2.05) is 0 Å². The van der Waals surface area contributed by atoms with Crippen LogP contribution in [0, 0.1) is 0 Å². The molecule has 22 heavy (non-hydrogen) atoms. The second-order valence-electron chi connectivity index (χ2n) is 7.51. The normalized spacial score (nSPS) is 15.8. The summed E-state index contributed by atoms with van der Waals surface area (Å²) in [5.74, 6) is 0. The van der Waals surface area contributed by atoms with Gasteiger partial charge < -0.3 is 0 Å². The van der Waals surface area contributed by atoms with Crippen molar-refractivity contribution >= 4 is 0 Å². The lowest BCUT2D eigenvalue weighted by atomic mass is 9.85. The van der Waals surface area contributed by atoms with Gasteiger partial charge in [0, 0.05) is 16.8 Å². The zero-order valence-electron chi connectivity index (χ0n) is 14.2. The molecule has 1 aliphatic rings. The minimum Gasteiger partial charge on any atom is -0.257 e. The van der Waals surface area contributed by atoms with Crippen LogP contribution in [-0.2, 0) is 18.3 Å². The van der Waals surface area contributed by atoms with Gasteiger partial charge in [-0.15, -0.1) is 0 Å². The average molecular weight is 293 g/mol. The third kappa shape index (κ3) is 3.24. The molecule has 2 aromatic rings. The Labute approximate surface area is 134 Å². The highest BCUT2D eigenvalue weighted by atomic mass is 14.7. The fourth-order valence-electron chi connectivity index (χ4n) is 3.32. The molecule has 0 unspecified atom stereocenters. The van der Waals surface area contributed by atoms with Crippen LogP contribution < -0.4 is 0 Å². The van der Waals surface area contributed by atoms with Crippen LogP contribution in [0.2, 0.25) is 0 Å². The standard InChI is InChI=1S/C21H27N/c1-21(2,3)20-15-18(16-11-7-6-8-12-16)17-13-9-4-5-10-14-19(17)22-20/h6-8,11-12,15H,4-5,9-10,13-14H2,1-3H3. The van der Waals surface area contributed by atoms with Gasteiger partial charge in [-0.2, -0.15) is 0 Å². The topological polar surface area (TPSA) is 12.9 Å². The molecule has 0 amide bonds. The van der Waals surface area contributed by atoms with Gasteiger partial charge in [0.05, 0.1) is 0 Å². The first-order valence-corrected chi connectivity index (χ1v) is 8.64. The number of nitrogens with zero attached hydrogens (tertiary/aromatic N) is 1. The quantitative estimate of drug-likeness (QED) is 0.656. The number of aryl methyl sites for hydroxylation is 1. The number of hydrogen-bond acceptors (Lipinski definition) is 1. The molecule has 1 aromatic heterocycles. The predicted octanol–water partition coefficient (Wildman–Crippen LogP) is 5.71. The number of fused-ring (bicyclic) bond motifs is 1. The summed E-state index contributed by atoms with van der Waals surface area (Å²) in [5, 5.41) is 0. The summed E-state index contributed by atoms with van der Waals surface area (Å²) < 4.78 is 0. The molecule has 0 radical (unpaired) electrons. The largest absolute Gasteiger partial charge is 0.257 e. The number of pyridine rings is 1. The number of aromatic nitrogens is 1. The third-order valence-corrected chi connectivity index (χ3v) is 4.65. The Bertz CT molecular complexity index is 635. The summed E-state index contributed by atoms with van der Waals surface area (Å²) in [6, 6.07) is 13.2. The van der Waals surface area contributed by atoms with Crippen molar-refractivity contribution in [3.63, 3.8) is 0 Å². The molecule has 1 nitrogen and oxygen atoms in total. The zero-order chi connectivity index (χ0) is 15.6. The van der Waals surface area contributed by atoms with E-state index in [4.69, 9.17) is 4.98 Å². The highest BCUT2D eigenvalue weighted by Gasteiger charge is 2.21. The van der Waals surface area contributed by atoms with E-state index in [9.17, 15) is 0 Å². The molecule has 1 heteroatoms. The molecule has 0 saturated carbocycles. The second-order valence-corrected chi connectivity index (χ2v) is 7.51. The highest BCUT2D eigenvalue weighted by Crippen LogP contribution is 2.33. The molecule has 0 spiro atoms. The second kappa shape index (κ2) is 6.24. The summed E-state index contributed by atoms with van der Waals surface area (Å²) in [4.78, 5) is 5.07. The summed E-state index contributed by atoms with van der Waals surface area (Å²) >= 11 is 0. The molecule has 0 fully saturated rings. The van der Waals surface area contributed by atoms with Gasteiger partial charge in [-0.05, 0) is 48.4 Å². The first-order chi connectivity index (χ1) is 10.6. The Kier molecular flexibility index (Phi) is 4.33. The molecule has 116 valence electrons. The Hall–Kier alpha value is -1.63. The van der Waals surface area contributed by atoms with Crippen molar-refractivity contribution in [2.75, 3.05) is 0 Å².